The monoisotopic (exact) mass is 658 g/mol. The Bertz CT molecular complexity index is 1360. The molecule has 3 atom stereocenters. The molecule has 6 rings (SSSR count). The van der Waals surface area contributed by atoms with Crippen molar-refractivity contribution in [1.82, 2.24) is 15.5 Å². The number of hydrogen-bond donors (Lipinski definition) is 3. The smallest absolute Gasteiger partial charge is 0.396 e. The molecule has 47 heavy (non-hydrogen) atoms. The number of aldehydes is 2. The molecular weight excluding hydrogens is 613 g/mol. The fourth-order valence-electron chi connectivity index (χ4n) is 6.02. The van der Waals surface area contributed by atoms with Crippen molar-refractivity contribution in [3.05, 3.63) is 46.7 Å². The minimum absolute atomic E-state index is 0.0322. The number of likely N-dealkylation sites (tertiary alicyclic amines) is 1. The number of alkyl halides is 3. The first kappa shape index (κ1) is 36.2. The fraction of sp³-hybridized carbons (Fsp3) is 0.618. The number of amides is 1. The lowest BCUT2D eigenvalue weighted by atomic mass is 9.80. The van der Waals surface area contributed by atoms with Crippen molar-refractivity contribution < 1.29 is 32.3 Å². The van der Waals surface area contributed by atoms with Crippen molar-refractivity contribution in [3.8, 4) is 6.07 Å². The summed E-state index contributed by atoms with van der Waals surface area (Å²) in [5.41, 5.74) is 6.44. The van der Waals surface area contributed by atoms with Crippen LogP contribution in [0.3, 0.4) is 0 Å². The van der Waals surface area contributed by atoms with Crippen LogP contribution in [-0.4, -0.2) is 80.7 Å². The number of piperidine rings is 1. The minimum atomic E-state index is -4.38. The number of carbonyl (C=O) groups is 3. The average molecular weight is 659 g/mol. The van der Waals surface area contributed by atoms with E-state index in [-0.39, 0.29) is 47.3 Å². The third-order valence-corrected chi connectivity index (χ3v) is 9.07. The van der Waals surface area contributed by atoms with Crippen molar-refractivity contribution in [2.45, 2.75) is 88.1 Å². The maximum Gasteiger partial charge on any atom is 0.416 e. The number of carbonyl (C=O) groups excluding carboxylic acids is 3. The Morgan fingerprint density at radius 1 is 1.13 bits per heavy atom. The molecule has 1 aromatic carbocycles. The maximum atomic E-state index is 13.3. The van der Waals surface area contributed by atoms with E-state index in [1.807, 2.05) is 19.0 Å². The number of rotatable bonds is 9. The van der Waals surface area contributed by atoms with E-state index in [1.54, 1.807) is 0 Å². The largest absolute Gasteiger partial charge is 0.416 e. The lowest BCUT2D eigenvalue weighted by molar-refractivity contribution is -0.137. The summed E-state index contributed by atoms with van der Waals surface area (Å²) in [7, 11) is 3.66. The van der Waals surface area contributed by atoms with Crippen LogP contribution in [0.25, 0.3) is 0 Å². The summed E-state index contributed by atoms with van der Waals surface area (Å²) in [4.78, 5) is 41.9. The van der Waals surface area contributed by atoms with Gasteiger partial charge in [0.15, 0.2) is 6.29 Å². The van der Waals surface area contributed by atoms with Crippen molar-refractivity contribution in [2.75, 3.05) is 27.3 Å². The molecule has 3 unspecified atom stereocenters. The van der Waals surface area contributed by atoms with Gasteiger partial charge in [0.05, 0.1) is 35.5 Å². The number of likely N-dealkylation sites (N-methyl/N-ethyl adjacent to an activating group) is 1. The number of halogens is 3. The van der Waals surface area contributed by atoms with Crippen LogP contribution in [0.4, 0.5) is 13.2 Å². The second-order valence-electron chi connectivity index (χ2n) is 12.7. The number of nitrogens with two attached hydrogens (primary N) is 1. The molecule has 0 bridgehead atoms. The van der Waals surface area contributed by atoms with Gasteiger partial charge in [-0.25, -0.2) is 0 Å². The Labute approximate surface area is 274 Å². The second kappa shape index (κ2) is 16.5. The van der Waals surface area contributed by atoms with Gasteiger partial charge in [-0.1, -0.05) is 25.0 Å². The van der Waals surface area contributed by atoms with E-state index >= 15 is 0 Å². The summed E-state index contributed by atoms with van der Waals surface area (Å²) in [5.74, 6) is 1.93. The Kier molecular flexibility index (Phi) is 12.7. The van der Waals surface area contributed by atoms with Gasteiger partial charge >= 0.3 is 6.18 Å². The van der Waals surface area contributed by atoms with E-state index in [4.69, 9.17) is 20.7 Å². The summed E-state index contributed by atoms with van der Waals surface area (Å²) in [6.45, 7) is 1.37. The standard InChI is InChI=1S/C19H28N4O3.C8H5F3O.C7H12N2/c1-21-17-15(11-2-3-11)16(14(20)10-24)18(22-12-6-8-26-9-7-12)23(19(17)25)13-4-5-13;9-8(10,11)7-3-1-2-6(4-7)5-12;1-9-7(5-8)4-6-2-3-6/h10-13,15,17,21H,2-9,20H2,1H3;1-5H;6-7,9H,2-4H2,1H3/b16-14-,22-18?;;. The quantitative estimate of drug-likeness (QED) is 0.266. The maximum absolute atomic E-state index is 13.3. The normalized spacial score (nSPS) is 25.8. The first-order valence-electron chi connectivity index (χ1n) is 16.4. The first-order chi connectivity index (χ1) is 22.6. The molecule has 2 aliphatic heterocycles. The van der Waals surface area contributed by atoms with Crippen molar-refractivity contribution in [2.24, 2.45) is 28.5 Å². The molecule has 4 N–H and O–H groups in total. The van der Waals surface area contributed by atoms with E-state index < -0.39 is 11.7 Å². The van der Waals surface area contributed by atoms with Gasteiger partial charge in [-0.3, -0.25) is 24.3 Å². The number of nitrogens with zero attached hydrogens (tertiary/aromatic N) is 3. The number of ether oxygens (including phenoxy) is 1. The number of allylic oxidation sites excluding steroid dienone is 1. The van der Waals surface area contributed by atoms with Gasteiger partial charge in [-0.05, 0) is 83.0 Å². The molecule has 10 nitrogen and oxygen atoms in total. The zero-order valence-corrected chi connectivity index (χ0v) is 27.0. The highest BCUT2D eigenvalue weighted by Gasteiger charge is 2.53. The number of nitrogens with one attached hydrogen (secondary N) is 2. The van der Waals surface area contributed by atoms with Gasteiger partial charge in [-0.2, -0.15) is 18.4 Å². The number of hydrogen-bond acceptors (Lipinski definition) is 9. The van der Waals surface area contributed by atoms with Gasteiger partial charge in [0, 0.05) is 36.3 Å². The molecule has 3 aliphatic carbocycles. The topological polar surface area (TPSA) is 150 Å². The van der Waals surface area contributed by atoms with Crippen LogP contribution >= 0.6 is 0 Å². The van der Waals surface area contributed by atoms with E-state index in [0.29, 0.717) is 31.3 Å². The number of nitriles is 1. The van der Waals surface area contributed by atoms with Crippen LogP contribution in [0.2, 0.25) is 0 Å². The summed E-state index contributed by atoms with van der Waals surface area (Å²) < 4.78 is 41.4. The SMILES string of the molecule is CNC(C#N)CC1CC1.CNC1C(=O)N(C2CC2)C(=NC2CCOCC2)/C(=C(\N)C=O)C1C1CC1.O=Cc1cccc(C(F)(F)F)c1. The summed E-state index contributed by atoms with van der Waals surface area (Å²) in [6.07, 6.45) is 6.23. The minimum Gasteiger partial charge on any atom is -0.396 e. The molecule has 0 spiro atoms. The van der Waals surface area contributed by atoms with E-state index in [0.717, 1.165) is 74.9 Å². The molecule has 2 saturated heterocycles. The van der Waals surface area contributed by atoms with E-state index in [1.165, 1.54) is 25.0 Å². The van der Waals surface area contributed by atoms with E-state index in [9.17, 15) is 27.6 Å². The molecule has 3 saturated carbocycles. The molecule has 1 aromatic rings. The highest BCUT2D eigenvalue weighted by molar-refractivity contribution is 6.15. The lowest BCUT2D eigenvalue weighted by Gasteiger charge is -2.42. The zero-order valence-electron chi connectivity index (χ0n) is 27.0. The highest BCUT2D eigenvalue weighted by atomic mass is 19.4. The van der Waals surface area contributed by atoms with Crippen molar-refractivity contribution in [1.29, 1.82) is 5.26 Å². The van der Waals surface area contributed by atoms with Crippen LogP contribution in [0.5, 0.6) is 0 Å². The summed E-state index contributed by atoms with van der Waals surface area (Å²) >= 11 is 0. The molecule has 2 heterocycles. The van der Waals surface area contributed by atoms with Crippen LogP contribution in [0.1, 0.15) is 73.7 Å². The number of benzene rings is 1. The number of amidine groups is 1. The number of aliphatic imine (C=N–C) groups is 1. The molecule has 5 fully saturated rings. The molecule has 0 aromatic heterocycles. The van der Waals surface area contributed by atoms with Gasteiger partial charge in [0.1, 0.15) is 12.1 Å². The van der Waals surface area contributed by atoms with Gasteiger partial charge < -0.3 is 21.1 Å². The van der Waals surface area contributed by atoms with Crippen LogP contribution in [0, 0.1) is 29.1 Å². The Balaban J connectivity index is 0.000000196. The molecule has 5 aliphatic rings. The van der Waals surface area contributed by atoms with Gasteiger partial charge in [0.25, 0.3) is 0 Å². The first-order valence-corrected chi connectivity index (χ1v) is 16.4. The van der Waals surface area contributed by atoms with Crippen molar-refractivity contribution in [3.63, 3.8) is 0 Å². The molecule has 0 radical (unpaired) electrons. The van der Waals surface area contributed by atoms with Crippen LogP contribution < -0.4 is 16.4 Å². The summed E-state index contributed by atoms with van der Waals surface area (Å²) in [5, 5.41) is 14.7. The van der Waals surface area contributed by atoms with Gasteiger partial charge in [-0.15, -0.1) is 0 Å². The van der Waals surface area contributed by atoms with Gasteiger partial charge in [0.2, 0.25) is 5.91 Å². The highest BCUT2D eigenvalue weighted by Crippen LogP contribution is 2.47. The summed E-state index contributed by atoms with van der Waals surface area (Å²) in [6, 6.07) is 6.54. The van der Waals surface area contributed by atoms with Crippen LogP contribution in [-0.2, 0) is 20.5 Å². The molecular formula is C34H45F3N6O4. The molecule has 256 valence electrons. The fourth-order valence-corrected chi connectivity index (χ4v) is 6.02. The van der Waals surface area contributed by atoms with E-state index in [2.05, 4.69) is 16.7 Å². The second-order valence-corrected chi connectivity index (χ2v) is 12.7. The predicted octanol–water partition coefficient (Wildman–Crippen LogP) is 4.01. The third-order valence-electron chi connectivity index (χ3n) is 9.07. The lowest BCUT2D eigenvalue weighted by Crippen LogP contribution is -2.60. The van der Waals surface area contributed by atoms with Crippen molar-refractivity contribution >= 4 is 24.3 Å². The Hall–Kier alpha value is -3.60. The average Bonchev–Trinajstić information content (AvgIpc) is 3.92. The Morgan fingerprint density at radius 3 is 2.30 bits per heavy atom. The Morgan fingerprint density at radius 2 is 1.81 bits per heavy atom. The third kappa shape index (κ3) is 9.95. The zero-order chi connectivity index (χ0) is 34.1. The predicted molar refractivity (Wildman–Crippen MR) is 170 cm³/mol. The molecule has 13 heteroatoms. The van der Waals surface area contributed by atoms with Crippen LogP contribution in [0.15, 0.2) is 40.5 Å². The molecule has 1 amide bonds.